The Balaban J connectivity index is 3.13. The van der Waals surface area contributed by atoms with E-state index in [0.29, 0.717) is 4.60 Å². The molecule has 1 rings (SSSR count). The van der Waals surface area contributed by atoms with Gasteiger partial charge < -0.3 is 5.73 Å². The summed E-state index contributed by atoms with van der Waals surface area (Å²) in [6, 6.07) is 0. The molecule has 1 aromatic rings. The van der Waals surface area contributed by atoms with Crippen LogP contribution in [0.4, 0.5) is 5.82 Å². The number of aromatic nitrogens is 2. The topological polar surface area (TPSA) is 68.9 Å². The minimum atomic E-state index is -0.307. The number of nitrogens with zero attached hydrogens (tertiary/aromatic N) is 2. The Morgan fingerprint density at radius 2 is 2.31 bits per heavy atom. The maximum absolute atomic E-state index is 11.5. The number of alkyl halides is 1. The zero-order valence-electron chi connectivity index (χ0n) is 6.79. The number of Topliss-reactive ketones (excluding diaryl/α,β-unsaturated/α-hetero) is 1. The van der Waals surface area contributed by atoms with E-state index in [1.54, 1.807) is 6.92 Å². The first-order valence-corrected chi connectivity index (χ1v) is 5.19. The van der Waals surface area contributed by atoms with Crippen molar-refractivity contribution in [2.45, 2.75) is 11.8 Å². The van der Waals surface area contributed by atoms with Crippen molar-refractivity contribution >= 4 is 43.5 Å². The lowest BCUT2D eigenvalue weighted by molar-refractivity contribution is 0.0991. The fourth-order valence-corrected chi connectivity index (χ4v) is 1.24. The summed E-state index contributed by atoms with van der Waals surface area (Å²) in [5, 5.41) is 0. The molecule has 0 aromatic carbocycles. The molecule has 0 unspecified atom stereocenters. The van der Waals surface area contributed by atoms with Crippen LogP contribution < -0.4 is 5.73 Å². The van der Waals surface area contributed by atoms with Crippen LogP contribution in [-0.4, -0.2) is 20.6 Å². The van der Waals surface area contributed by atoms with Gasteiger partial charge in [0, 0.05) is 0 Å². The van der Waals surface area contributed by atoms with Gasteiger partial charge in [0.1, 0.15) is 4.60 Å². The van der Waals surface area contributed by atoms with E-state index in [-0.39, 0.29) is 22.1 Å². The average Bonchev–Trinajstić information content (AvgIpc) is 2.08. The maximum Gasteiger partial charge on any atom is 0.198 e. The van der Waals surface area contributed by atoms with E-state index in [0.717, 1.165) is 0 Å². The van der Waals surface area contributed by atoms with Gasteiger partial charge in [0.25, 0.3) is 0 Å². The van der Waals surface area contributed by atoms with Crippen molar-refractivity contribution in [3.8, 4) is 0 Å². The van der Waals surface area contributed by atoms with E-state index < -0.39 is 0 Å². The molecule has 1 aromatic heterocycles. The molecule has 0 saturated carbocycles. The highest BCUT2D eigenvalue weighted by atomic mass is 79.9. The Morgan fingerprint density at radius 3 is 2.85 bits per heavy atom. The molecule has 0 aliphatic carbocycles. The molecule has 13 heavy (non-hydrogen) atoms. The van der Waals surface area contributed by atoms with Crippen molar-refractivity contribution in [1.82, 2.24) is 9.97 Å². The Morgan fingerprint density at radius 1 is 1.69 bits per heavy atom. The Kier molecular flexibility index (Phi) is 3.38. The minimum absolute atomic E-state index is 0.152. The molecule has 0 aliphatic heterocycles. The van der Waals surface area contributed by atoms with Crippen molar-refractivity contribution in [3.63, 3.8) is 0 Å². The molecule has 1 atom stereocenters. The molecule has 1 heterocycles. The first kappa shape index (κ1) is 10.6. The van der Waals surface area contributed by atoms with Crippen LogP contribution in [0.15, 0.2) is 10.8 Å². The van der Waals surface area contributed by atoms with Gasteiger partial charge in [0.15, 0.2) is 17.3 Å². The second kappa shape index (κ2) is 4.15. The van der Waals surface area contributed by atoms with E-state index in [1.807, 2.05) is 0 Å². The van der Waals surface area contributed by atoms with Crippen molar-refractivity contribution in [3.05, 3.63) is 16.5 Å². The van der Waals surface area contributed by atoms with Crippen LogP contribution in [0, 0.1) is 0 Å². The average molecular weight is 309 g/mol. The lowest BCUT2D eigenvalue weighted by Gasteiger charge is -2.04. The fourth-order valence-electron chi connectivity index (χ4n) is 0.747. The molecule has 4 nitrogen and oxygen atoms in total. The molecule has 0 radical (unpaired) electrons. The predicted molar refractivity (Wildman–Crippen MR) is 56.9 cm³/mol. The predicted octanol–water partition coefficient (Wildman–Crippen LogP) is 1.79. The van der Waals surface area contributed by atoms with Crippen LogP contribution in [0.1, 0.15) is 17.4 Å². The van der Waals surface area contributed by atoms with Gasteiger partial charge in [0.05, 0.1) is 11.0 Å². The van der Waals surface area contributed by atoms with Crippen LogP contribution in [0.3, 0.4) is 0 Å². The summed E-state index contributed by atoms with van der Waals surface area (Å²) in [6.07, 6.45) is 1.45. The summed E-state index contributed by atoms with van der Waals surface area (Å²) in [5.41, 5.74) is 5.69. The third kappa shape index (κ3) is 2.47. The standard InChI is InChI=1S/C7H7Br2N3O/c1-3(8)6(13)5-7(10)11-2-4(9)12-5/h2-3H,1H3,(H2,10,11)/t3-/m0/s1. The molecule has 6 heteroatoms. The number of nitrogens with two attached hydrogens (primary N) is 1. The monoisotopic (exact) mass is 307 g/mol. The summed E-state index contributed by atoms with van der Waals surface area (Å²) in [6.45, 7) is 1.71. The molecular formula is C7H7Br2N3O. The highest BCUT2D eigenvalue weighted by Crippen LogP contribution is 2.15. The molecular weight excluding hydrogens is 302 g/mol. The summed E-state index contributed by atoms with van der Waals surface area (Å²) < 4.78 is 0.498. The lowest BCUT2D eigenvalue weighted by Crippen LogP contribution is -2.15. The van der Waals surface area contributed by atoms with Gasteiger partial charge in [-0.05, 0) is 22.9 Å². The van der Waals surface area contributed by atoms with Crippen LogP contribution in [0.25, 0.3) is 0 Å². The van der Waals surface area contributed by atoms with E-state index in [9.17, 15) is 4.79 Å². The van der Waals surface area contributed by atoms with Crippen LogP contribution in [-0.2, 0) is 0 Å². The first-order valence-electron chi connectivity index (χ1n) is 3.48. The fraction of sp³-hybridized carbons (Fsp3) is 0.286. The largest absolute Gasteiger partial charge is 0.382 e. The van der Waals surface area contributed by atoms with Crippen LogP contribution in [0.2, 0.25) is 0 Å². The van der Waals surface area contributed by atoms with E-state index >= 15 is 0 Å². The number of hydrogen-bond acceptors (Lipinski definition) is 4. The van der Waals surface area contributed by atoms with E-state index in [2.05, 4.69) is 41.8 Å². The lowest BCUT2D eigenvalue weighted by atomic mass is 10.2. The summed E-state index contributed by atoms with van der Waals surface area (Å²) >= 11 is 6.26. The molecule has 0 bridgehead atoms. The molecule has 0 saturated heterocycles. The quantitative estimate of drug-likeness (QED) is 0.668. The molecule has 0 amide bonds. The second-order valence-electron chi connectivity index (χ2n) is 2.41. The Labute approximate surface area is 92.2 Å². The van der Waals surface area contributed by atoms with Crippen molar-refractivity contribution in [2.24, 2.45) is 0 Å². The maximum atomic E-state index is 11.5. The smallest absolute Gasteiger partial charge is 0.198 e. The highest BCUT2D eigenvalue weighted by Gasteiger charge is 2.17. The third-order valence-electron chi connectivity index (χ3n) is 1.37. The van der Waals surface area contributed by atoms with Crippen molar-refractivity contribution in [1.29, 1.82) is 0 Å². The van der Waals surface area contributed by atoms with Crippen molar-refractivity contribution in [2.75, 3.05) is 5.73 Å². The molecule has 0 fully saturated rings. The number of halogens is 2. The highest BCUT2D eigenvalue weighted by molar-refractivity contribution is 9.10. The van der Waals surface area contributed by atoms with E-state index in [4.69, 9.17) is 5.73 Å². The first-order chi connectivity index (χ1) is 6.02. The van der Waals surface area contributed by atoms with Gasteiger partial charge in [-0.15, -0.1) is 0 Å². The Hall–Kier alpha value is -0.490. The van der Waals surface area contributed by atoms with Gasteiger partial charge in [-0.3, -0.25) is 4.79 Å². The number of carbonyl (C=O) groups excluding carboxylic acids is 1. The number of hydrogen-bond donors (Lipinski definition) is 1. The van der Waals surface area contributed by atoms with Gasteiger partial charge in [-0.1, -0.05) is 15.9 Å². The Bertz CT molecular complexity index is 341. The molecule has 2 N–H and O–H groups in total. The summed E-state index contributed by atoms with van der Waals surface area (Å²) in [5.74, 6) is -0.0224. The van der Waals surface area contributed by atoms with Gasteiger partial charge >= 0.3 is 0 Å². The minimum Gasteiger partial charge on any atom is -0.382 e. The third-order valence-corrected chi connectivity index (χ3v) is 2.16. The summed E-state index contributed by atoms with van der Waals surface area (Å²) in [4.78, 5) is 18.9. The molecule has 70 valence electrons. The SMILES string of the molecule is C[C@H](Br)C(=O)c1nc(Br)cnc1N. The number of nitrogen functional groups attached to an aromatic ring is 1. The van der Waals surface area contributed by atoms with Crippen LogP contribution in [0.5, 0.6) is 0 Å². The van der Waals surface area contributed by atoms with Gasteiger partial charge in [-0.2, -0.15) is 0 Å². The molecule has 0 spiro atoms. The molecule has 0 aliphatic rings. The number of carbonyl (C=O) groups is 1. The van der Waals surface area contributed by atoms with Crippen molar-refractivity contribution < 1.29 is 4.79 Å². The number of rotatable bonds is 2. The number of anilines is 1. The van der Waals surface area contributed by atoms with E-state index in [1.165, 1.54) is 6.20 Å². The summed E-state index contributed by atoms with van der Waals surface area (Å²) in [7, 11) is 0. The number of ketones is 1. The zero-order chi connectivity index (χ0) is 10.0. The normalized spacial score (nSPS) is 12.5. The zero-order valence-corrected chi connectivity index (χ0v) is 9.96. The van der Waals surface area contributed by atoms with Gasteiger partial charge in [-0.25, -0.2) is 9.97 Å². The van der Waals surface area contributed by atoms with Gasteiger partial charge in [0.2, 0.25) is 0 Å². The van der Waals surface area contributed by atoms with Crippen LogP contribution >= 0.6 is 31.9 Å². The second-order valence-corrected chi connectivity index (χ2v) is 4.59.